The van der Waals surface area contributed by atoms with E-state index in [4.69, 9.17) is 11.1 Å². The van der Waals surface area contributed by atoms with Crippen LogP contribution >= 0.6 is 11.1 Å². The summed E-state index contributed by atoms with van der Waals surface area (Å²) in [6.07, 6.45) is 0. The van der Waals surface area contributed by atoms with E-state index in [9.17, 15) is 0 Å². The van der Waals surface area contributed by atoms with E-state index in [1.807, 2.05) is 0 Å². The summed E-state index contributed by atoms with van der Waals surface area (Å²) < 4.78 is 0. The van der Waals surface area contributed by atoms with E-state index in [0.29, 0.717) is 0 Å². The molecule has 0 amide bonds. The van der Waals surface area contributed by atoms with E-state index in [-0.39, 0.29) is 0 Å². The van der Waals surface area contributed by atoms with E-state index in [0.717, 1.165) is 0 Å². The molecule has 28 heavy (non-hydrogen) atoms. The third kappa shape index (κ3) is 4.19. The summed E-state index contributed by atoms with van der Waals surface area (Å²) in [5.41, 5.74) is 5.09. The van der Waals surface area contributed by atoms with Gasteiger partial charge in [0.1, 0.15) is 0 Å². The van der Waals surface area contributed by atoms with Crippen LogP contribution in [0, 0.1) is 27.7 Å². The van der Waals surface area contributed by atoms with Gasteiger partial charge in [0.15, 0.2) is 0 Å². The minimum Gasteiger partial charge on any atom is -0.149 e. The average Bonchev–Trinajstić information content (AvgIpc) is 2.58. The second-order valence-electron chi connectivity index (χ2n) is 9.24. The molecule has 0 N–H and O–H groups in total. The van der Waals surface area contributed by atoms with Crippen molar-refractivity contribution in [3.63, 3.8) is 0 Å². The summed E-state index contributed by atoms with van der Waals surface area (Å²) in [4.78, 5) is 0. The summed E-state index contributed by atoms with van der Waals surface area (Å²) in [6, 6.07) is 22.8. The van der Waals surface area contributed by atoms with Gasteiger partial charge in [0, 0.05) is 0 Å². The van der Waals surface area contributed by atoms with Crippen molar-refractivity contribution in [1.29, 1.82) is 0 Å². The molecule has 146 valence electrons. The monoisotopic (exact) mass is 422 g/mol. The Bertz CT molecular complexity index is 906. The van der Waals surface area contributed by atoms with Gasteiger partial charge in [-0.3, -0.25) is 0 Å². The van der Waals surface area contributed by atoms with Gasteiger partial charge in [-0.25, -0.2) is 0 Å². The van der Waals surface area contributed by atoms with Crippen LogP contribution in [0.2, 0.25) is 19.6 Å². The summed E-state index contributed by atoms with van der Waals surface area (Å²) in [6.45, 7) is 15.8. The van der Waals surface area contributed by atoms with E-state index in [1.165, 1.54) is 43.0 Å². The molecule has 0 heterocycles. The zero-order chi connectivity index (χ0) is 20.7. The first kappa shape index (κ1) is 21.1. The molecule has 3 aromatic carbocycles. The van der Waals surface area contributed by atoms with Crippen LogP contribution < -0.4 is 20.7 Å². The lowest BCUT2D eigenvalue weighted by Crippen LogP contribution is -2.63. The van der Waals surface area contributed by atoms with Crippen molar-refractivity contribution in [2.75, 3.05) is 0 Å². The van der Waals surface area contributed by atoms with Crippen molar-refractivity contribution in [3.05, 3.63) is 82.9 Å². The number of aryl methyl sites for hydroxylation is 4. The molecule has 0 unspecified atom stereocenters. The Balaban J connectivity index is 2.28. The fraction of sp³-hybridized carbons (Fsp3) is 0.280. The van der Waals surface area contributed by atoms with Crippen molar-refractivity contribution >= 4 is 47.3 Å². The van der Waals surface area contributed by atoms with Gasteiger partial charge < -0.3 is 0 Å². The molecule has 0 aliphatic heterocycles. The van der Waals surface area contributed by atoms with Crippen LogP contribution in [-0.2, 0) is 0 Å². The Morgan fingerprint density at radius 1 is 0.500 bits per heavy atom. The molecular weight excluding hydrogens is 392 g/mol. The van der Waals surface area contributed by atoms with E-state index in [2.05, 4.69) is 108 Å². The molecule has 0 nitrogen and oxygen atoms in total. The highest BCUT2D eigenvalue weighted by molar-refractivity contribution is 7.40. The second kappa shape index (κ2) is 7.66. The summed E-state index contributed by atoms with van der Waals surface area (Å²) in [5.74, 6) is 0. The molecule has 0 saturated heterocycles. The first-order valence-electron chi connectivity index (χ1n) is 9.97. The predicted octanol–water partition coefficient (Wildman–Crippen LogP) is 4.67. The molecule has 0 radical (unpaired) electrons. The highest BCUT2D eigenvalue weighted by Gasteiger charge is 2.38. The van der Waals surface area contributed by atoms with Crippen LogP contribution in [0.4, 0.5) is 0 Å². The maximum Gasteiger partial charge on any atom is 0.247 e. The van der Waals surface area contributed by atoms with Gasteiger partial charge in [0.05, 0.1) is 8.07 Å². The third-order valence-electron chi connectivity index (χ3n) is 5.39. The average molecular weight is 423 g/mol. The standard InChI is InChI=1S/C25H31ClSi2/c1-18-12-19(2)15-24(14-18)28(26,25-16-20(3)13-21(4)17-25)23-10-8-22(9-11-23)27(5,6)7/h8-17H,1-7H3. The lowest BCUT2D eigenvalue weighted by molar-refractivity contribution is 1.39. The van der Waals surface area contributed by atoms with Crippen LogP contribution in [0.5, 0.6) is 0 Å². The molecule has 0 atom stereocenters. The van der Waals surface area contributed by atoms with Crippen LogP contribution in [-0.4, -0.2) is 15.5 Å². The normalized spacial score (nSPS) is 12.3. The van der Waals surface area contributed by atoms with E-state index >= 15 is 0 Å². The minimum absolute atomic E-state index is 1.27. The summed E-state index contributed by atoms with van der Waals surface area (Å²) >= 11 is 7.72. The van der Waals surface area contributed by atoms with Gasteiger partial charge in [-0.05, 0) is 43.3 Å². The third-order valence-corrected chi connectivity index (χ3v) is 12.7. The smallest absolute Gasteiger partial charge is 0.149 e. The lowest BCUT2D eigenvalue weighted by Gasteiger charge is -2.29. The molecular formula is C25H31ClSi2. The molecule has 0 aliphatic carbocycles. The quantitative estimate of drug-likeness (QED) is 0.325. The molecule has 3 rings (SSSR count). The number of hydrogen-bond acceptors (Lipinski definition) is 0. The van der Waals surface area contributed by atoms with Crippen molar-refractivity contribution in [3.8, 4) is 0 Å². The highest BCUT2D eigenvalue weighted by atomic mass is 35.6. The highest BCUT2D eigenvalue weighted by Crippen LogP contribution is 2.16. The van der Waals surface area contributed by atoms with Crippen LogP contribution in [0.1, 0.15) is 22.3 Å². The Kier molecular flexibility index (Phi) is 5.77. The first-order valence-corrected chi connectivity index (χ1v) is 16.5. The summed E-state index contributed by atoms with van der Waals surface area (Å²) in [5, 5.41) is 5.30. The number of benzene rings is 3. The first-order chi connectivity index (χ1) is 13.0. The molecule has 0 saturated carbocycles. The molecule has 0 spiro atoms. The van der Waals surface area contributed by atoms with E-state index < -0.39 is 15.5 Å². The van der Waals surface area contributed by atoms with Gasteiger partial charge in [0.2, 0.25) is 7.38 Å². The maximum absolute atomic E-state index is 7.72. The number of rotatable bonds is 4. The molecule has 3 aromatic rings. The zero-order valence-electron chi connectivity index (χ0n) is 18.2. The van der Waals surface area contributed by atoms with E-state index in [1.54, 1.807) is 0 Å². The summed E-state index contributed by atoms with van der Waals surface area (Å²) in [7, 11) is -3.93. The van der Waals surface area contributed by atoms with Gasteiger partial charge in [0.25, 0.3) is 0 Å². The Morgan fingerprint density at radius 2 is 0.821 bits per heavy atom. The molecule has 3 heteroatoms. The predicted molar refractivity (Wildman–Crippen MR) is 132 cm³/mol. The molecule has 0 aromatic heterocycles. The lowest BCUT2D eigenvalue weighted by atomic mass is 10.2. The number of halogens is 1. The van der Waals surface area contributed by atoms with Crippen molar-refractivity contribution < 1.29 is 0 Å². The molecule has 0 aliphatic rings. The van der Waals surface area contributed by atoms with Crippen LogP contribution in [0.3, 0.4) is 0 Å². The van der Waals surface area contributed by atoms with Crippen LogP contribution in [0.15, 0.2) is 60.7 Å². The SMILES string of the molecule is Cc1cc(C)cc([Si](Cl)(c2ccc([Si](C)(C)C)cc2)c2cc(C)cc(C)c2)c1. The maximum atomic E-state index is 7.72. The topological polar surface area (TPSA) is 0 Å². The van der Waals surface area contributed by atoms with Gasteiger partial charge in [-0.2, -0.15) is 0 Å². The van der Waals surface area contributed by atoms with Crippen molar-refractivity contribution in [1.82, 2.24) is 0 Å². The molecule has 0 bridgehead atoms. The van der Waals surface area contributed by atoms with Crippen molar-refractivity contribution in [2.24, 2.45) is 0 Å². The van der Waals surface area contributed by atoms with Crippen LogP contribution in [0.25, 0.3) is 0 Å². The number of hydrogen-bond donors (Lipinski definition) is 0. The Labute approximate surface area is 177 Å². The fourth-order valence-corrected chi connectivity index (χ4v) is 9.58. The Hall–Kier alpha value is -1.62. The van der Waals surface area contributed by atoms with Gasteiger partial charge >= 0.3 is 0 Å². The minimum atomic E-state index is -2.60. The van der Waals surface area contributed by atoms with Gasteiger partial charge in [-0.15, -0.1) is 11.1 Å². The Morgan fingerprint density at radius 3 is 1.14 bits per heavy atom. The fourth-order valence-electron chi connectivity index (χ4n) is 4.05. The van der Waals surface area contributed by atoms with Gasteiger partial charge in [-0.1, -0.05) is 108 Å². The molecule has 0 fully saturated rings. The van der Waals surface area contributed by atoms with Crippen molar-refractivity contribution in [2.45, 2.75) is 47.3 Å². The zero-order valence-corrected chi connectivity index (χ0v) is 20.9. The largest absolute Gasteiger partial charge is 0.247 e. The second-order valence-corrected chi connectivity index (χ2v) is 19.1.